The van der Waals surface area contributed by atoms with E-state index in [1.54, 1.807) is 18.4 Å². The Bertz CT molecular complexity index is 674. The van der Waals surface area contributed by atoms with Crippen LogP contribution in [0.15, 0.2) is 27.0 Å². The highest BCUT2D eigenvalue weighted by atomic mass is 127. The van der Waals surface area contributed by atoms with Gasteiger partial charge in [0.25, 0.3) is 0 Å². The Morgan fingerprint density at radius 1 is 1.24 bits per heavy atom. The molecule has 2 rings (SSSR count). The van der Waals surface area contributed by atoms with Crippen LogP contribution in [0.5, 0.6) is 0 Å². The summed E-state index contributed by atoms with van der Waals surface area (Å²) in [5.41, 5.74) is -0.104. The molecule has 0 unspecified atom stereocenters. The first-order valence-electron chi connectivity index (χ1n) is 8.04. The van der Waals surface area contributed by atoms with Gasteiger partial charge in [-0.2, -0.15) is 4.98 Å². The molecule has 2 aromatic heterocycles. The molecule has 8 heteroatoms. The fourth-order valence-electron chi connectivity index (χ4n) is 2.07. The molecule has 0 radical (unpaired) electrons. The number of rotatable bonds is 5. The molecule has 2 heterocycles. The van der Waals surface area contributed by atoms with Gasteiger partial charge in [-0.1, -0.05) is 45.8 Å². The van der Waals surface area contributed by atoms with E-state index in [2.05, 4.69) is 57.1 Å². The van der Waals surface area contributed by atoms with Crippen LogP contribution in [0, 0.1) is 0 Å². The Balaban J connectivity index is 0.00000312. The first-order chi connectivity index (χ1) is 11.2. The van der Waals surface area contributed by atoms with Gasteiger partial charge in [-0.15, -0.1) is 35.3 Å². The standard InChI is InChI=1S/C17H27N5OS.HI/c1-16(2,3)14-21-13(22-23-14)10-19-15(18-6)20-11-17(4,5)12-8-7-9-24-12;/h7-9H,10-11H2,1-6H3,(H2,18,19,20);1H. The molecule has 0 spiro atoms. The number of nitrogens with one attached hydrogen (secondary N) is 2. The number of aromatic nitrogens is 2. The Morgan fingerprint density at radius 3 is 2.48 bits per heavy atom. The van der Waals surface area contributed by atoms with Crippen LogP contribution in [0.1, 0.15) is 51.2 Å². The second kappa shape index (κ2) is 8.98. The minimum absolute atomic E-state index is 0. The molecular formula is C17H28IN5OS. The normalized spacial score (nSPS) is 12.6. The number of halogens is 1. The highest BCUT2D eigenvalue weighted by Crippen LogP contribution is 2.26. The van der Waals surface area contributed by atoms with E-state index < -0.39 is 0 Å². The minimum atomic E-state index is -0.143. The quantitative estimate of drug-likeness (QED) is 0.391. The molecule has 0 saturated carbocycles. The third-order valence-electron chi connectivity index (χ3n) is 3.63. The van der Waals surface area contributed by atoms with Crippen LogP contribution < -0.4 is 10.6 Å². The third-order valence-corrected chi connectivity index (χ3v) is 4.87. The van der Waals surface area contributed by atoms with Crippen LogP contribution in [0.25, 0.3) is 0 Å². The van der Waals surface area contributed by atoms with E-state index >= 15 is 0 Å². The van der Waals surface area contributed by atoms with Crippen LogP contribution in [-0.2, 0) is 17.4 Å². The number of hydrogen-bond donors (Lipinski definition) is 2. The molecule has 0 bridgehead atoms. The maximum Gasteiger partial charge on any atom is 0.232 e. The molecule has 0 aliphatic rings. The smallest absolute Gasteiger partial charge is 0.232 e. The Morgan fingerprint density at radius 2 is 1.96 bits per heavy atom. The van der Waals surface area contributed by atoms with Gasteiger partial charge in [-0.3, -0.25) is 4.99 Å². The molecule has 25 heavy (non-hydrogen) atoms. The molecule has 0 amide bonds. The molecule has 2 aromatic rings. The molecule has 0 aliphatic heterocycles. The molecule has 140 valence electrons. The van der Waals surface area contributed by atoms with Crippen molar-refractivity contribution in [2.75, 3.05) is 13.6 Å². The molecule has 0 saturated heterocycles. The fourth-order valence-corrected chi connectivity index (χ4v) is 2.92. The van der Waals surface area contributed by atoms with E-state index in [0.29, 0.717) is 18.3 Å². The zero-order valence-corrected chi connectivity index (χ0v) is 18.9. The molecule has 6 nitrogen and oxygen atoms in total. The van der Waals surface area contributed by atoms with Crippen LogP contribution in [0.4, 0.5) is 0 Å². The van der Waals surface area contributed by atoms with Crippen LogP contribution in [0.3, 0.4) is 0 Å². The molecule has 0 aromatic carbocycles. The van der Waals surface area contributed by atoms with Gasteiger partial charge in [0.1, 0.15) is 0 Å². The van der Waals surface area contributed by atoms with Gasteiger partial charge in [0, 0.05) is 29.3 Å². The average molecular weight is 477 g/mol. The van der Waals surface area contributed by atoms with Gasteiger partial charge >= 0.3 is 0 Å². The van der Waals surface area contributed by atoms with Crippen molar-refractivity contribution in [1.82, 2.24) is 20.8 Å². The Kier molecular flexibility index (Phi) is 7.86. The van der Waals surface area contributed by atoms with Crippen LogP contribution in [-0.4, -0.2) is 29.7 Å². The van der Waals surface area contributed by atoms with Gasteiger partial charge in [-0.05, 0) is 11.4 Å². The summed E-state index contributed by atoms with van der Waals surface area (Å²) >= 11 is 1.77. The predicted molar refractivity (Wildman–Crippen MR) is 114 cm³/mol. The number of thiophene rings is 1. The average Bonchev–Trinajstić information content (AvgIpc) is 3.18. The zero-order chi connectivity index (χ0) is 17.8. The zero-order valence-electron chi connectivity index (χ0n) is 15.7. The van der Waals surface area contributed by atoms with E-state index in [4.69, 9.17) is 4.52 Å². The summed E-state index contributed by atoms with van der Waals surface area (Å²) in [4.78, 5) is 10.0. The predicted octanol–water partition coefficient (Wildman–Crippen LogP) is 3.69. The summed E-state index contributed by atoms with van der Waals surface area (Å²) in [6.07, 6.45) is 0. The maximum absolute atomic E-state index is 5.30. The van der Waals surface area contributed by atoms with E-state index in [9.17, 15) is 0 Å². The second-order valence-corrected chi connectivity index (χ2v) is 8.35. The van der Waals surface area contributed by atoms with Crippen molar-refractivity contribution in [3.05, 3.63) is 34.1 Å². The number of aliphatic imine (C=N–C) groups is 1. The van der Waals surface area contributed by atoms with Crippen molar-refractivity contribution < 1.29 is 4.52 Å². The maximum atomic E-state index is 5.30. The monoisotopic (exact) mass is 477 g/mol. The van der Waals surface area contributed by atoms with E-state index in [1.165, 1.54) is 4.88 Å². The first-order valence-corrected chi connectivity index (χ1v) is 8.92. The minimum Gasteiger partial charge on any atom is -0.356 e. The lowest BCUT2D eigenvalue weighted by Crippen LogP contribution is -2.43. The molecule has 0 fully saturated rings. The fraction of sp³-hybridized carbons (Fsp3) is 0.588. The van der Waals surface area contributed by atoms with Crippen molar-refractivity contribution >= 4 is 41.3 Å². The molecule has 0 aliphatic carbocycles. The highest BCUT2D eigenvalue weighted by Gasteiger charge is 2.23. The Labute approximate surface area is 170 Å². The summed E-state index contributed by atoms with van der Waals surface area (Å²) in [7, 11) is 1.75. The lowest BCUT2D eigenvalue weighted by Gasteiger charge is -2.24. The van der Waals surface area contributed by atoms with E-state index in [1.807, 2.05) is 20.8 Å². The molecule has 0 atom stereocenters. The van der Waals surface area contributed by atoms with Crippen molar-refractivity contribution in [2.45, 2.75) is 52.0 Å². The van der Waals surface area contributed by atoms with E-state index in [-0.39, 0.29) is 34.8 Å². The summed E-state index contributed by atoms with van der Waals surface area (Å²) in [5, 5.41) is 12.7. The largest absolute Gasteiger partial charge is 0.356 e. The van der Waals surface area contributed by atoms with E-state index in [0.717, 1.165) is 12.5 Å². The number of hydrogen-bond acceptors (Lipinski definition) is 5. The van der Waals surface area contributed by atoms with Gasteiger partial charge < -0.3 is 15.2 Å². The number of guanidine groups is 1. The summed E-state index contributed by atoms with van der Waals surface area (Å²) < 4.78 is 5.30. The summed E-state index contributed by atoms with van der Waals surface area (Å²) in [5.74, 6) is 1.99. The van der Waals surface area contributed by atoms with Crippen molar-refractivity contribution in [3.63, 3.8) is 0 Å². The van der Waals surface area contributed by atoms with Gasteiger partial charge in [0.05, 0.1) is 6.54 Å². The summed E-state index contributed by atoms with van der Waals surface area (Å²) in [6.45, 7) is 11.8. The topological polar surface area (TPSA) is 75.3 Å². The lowest BCUT2D eigenvalue weighted by molar-refractivity contribution is 0.318. The second-order valence-electron chi connectivity index (χ2n) is 7.41. The van der Waals surface area contributed by atoms with Gasteiger partial charge in [-0.25, -0.2) is 0 Å². The summed E-state index contributed by atoms with van der Waals surface area (Å²) in [6, 6.07) is 4.24. The molecular weight excluding hydrogens is 449 g/mol. The van der Waals surface area contributed by atoms with Crippen LogP contribution in [0.2, 0.25) is 0 Å². The van der Waals surface area contributed by atoms with Crippen molar-refractivity contribution in [2.24, 2.45) is 4.99 Å². The number of nitrogens with zero attached hydrogens (tertiary/aromatic N) is 3. The molecule has 2 N–H and O–H groups in total. The van der Waals surface area contributed by atoms with Crippen molar-refractivity contribution in [1.29, 1.82) is 0 Å². The SMILES string of the molecule is CN=C(NCc1noc(C(C)(C)C)n1)NCC(C)(C)c1cccs1.I. The Hall–Kier alpha value is -1.16. The lowest BCUT2D eigenvalue weighted by atomic mass is 9.91. The third kappa shape index (κ3) is 6.25. The van der Waals surface area contributed by atoms with Crippen LogP contribution >= 0.6 is 35.3 Å². The van der Waals surface area contributed by atoms with Crippen molar-refractivity contribution in [3.8, 4) is 0 Å². The highest BCUT2D eigenvalue weighted by molar-refractivity contribution is 14.0. The first kappa shape index (κ1) is 21.9. The van der Waals surface area contributed by atoms with Gasteiger partial charge in [0.2, 0.25) is 5.89 Å². The van der Waals surface area contributed by atoms with Gasteiger partial charge in [0.15, 0.2) is 11.8 Å².